The molecule has 0 saturated carbocycles. The van der Waals surface area contributed by atoms with E-state index in [0.717, 1.165) is 18.7 Å². The van der Waals surface area contributed by atoms with E-state index < -0.39 is 16.9 Å². The Morgan fingerprint density at radius 1 is 1.71 bits per heavy atom. The lowest BCUT2D eigenvalue weighted by Crippen LogP contribution is -2.32. The number of rotatable bonds is 6. The van der Waals surface area contributed by atoms with Gasteiger partial charge in [0.25, 0.3) is 11.6 Å². The first kappa shape index (κ1) is 13.2. The number of aromatic nitrogens is 1. The van der Waals surface area contributed by atoms with Gasteiger partial charge in [0, 0.05) is 12.6 Å². The van der Waals surface area contributed by atoms with Crippen LogP contribution < -0.4 is 5.32 Å². The molecule has 0 aromatic carbocycles. The van der Waals surface area contributed by atoms with Crippen LogP contribution in [-0.2, 0) is 0 Å². The van der Waals surface area contributed by atoms with E-state index in [1.165, 1.54) is 0 Å². The number of aliphatic hydroxyl groups excluding tert-OH is 1. The summed E-state index contributed by atoms with van der Waals surface area (Å²) in [6, 6.07) is 1.15. The molecule has 7 nitrogen and oxygen atoms in total. The van der Waals surface area contributed by atoms with Crippen molar-refractivity contribution in [2.75, 3.05) is 6.54 Å². The van der Waals surface area contributed by atoms with Crippen molar-refractivity contribution in [3.05, 3.63) is 28.1 Å². The summed E-state index contributed by atoms with van der Waals surface area (Å²) in [6.07, 6.45) is 1.99. The molecule has 3 N–H and O–H groups in total. The third-order valence-electron chi connectivity index (χ3n) is 2.24. The van der Waals surface area contributed by atoms with Crippen LogP contribution in [0.1, 0.15) is 30.3 Å². The Morgan fingerprint density at radius 2 is 2.41 bits per heavy atom. The summed E-state index contributed by atoms with van der Waals surface area (Å²) in [5, 5.41) is 22.3. The Labute approximate surface area is 98.0 Å². The molecule has 1 amide bonds. The zero-order valence-corrected chi connectivity index (χ0v) is 9.47. The molecule has 0 saturated heterocycles. The summed E-state index contributed by atoms with van der Waals surface area (Å²) in [5.41, 5.74) is -0.0512. The van der Waals surface area contributed by atoms with E-state index in [0.29, 0.717) is 6.42 Å². The van der Waals surface area contributed by atoms with Crippen LogP contribution in [0.5, 0.6) is 0 Å². The van der Waals surface area contributed by atoms with Gasteiger partial charge in [0.2, 0.25) is 0 Å². The third-order valence-corrected chi connectivity index (χ3v) is 2.24. The lowest BCUT2D eigenvalue weighted by atomic mass is 10.2. The Hall–Kier alpha value is -1.89. The van der Waals surface area contributed by atoms with Crippen LogP contribution in [-0.4, -0.2) is 33.6 Å². The monoisotopic (exact) mass is 241 g/mol. The van der Waals surface area contributed by atoms with E-state index in [1.807, 2.05) is 6.92 Å². The number of nitro groups is 1. The van der Waals surface area contributed by atoms with Crippen molar-refractivity contribution in [2.45, 2.75) is 25.9 Å². The van der Waals surface area contributed by atoms with Gasteiger partial charge in [0.15, 0.2) is 0 Å². The SMILES string of the molecule is CCCC(O)CNC(=O)c1cc([N+](=O)[O-])c[nH]1. The van der Waals surface area contributed by atoms with E-state index in [1.54, 1.807) is 0 Å². The minimum atomic E-state index is -0.589. The second-order valence-electron chi connectivity index (χ2n) is 3.68. The zero-order valence-electron chi connectivity index (χ0n) is 9.47. The average molecular weight is 241 g/mol. The number of carbonyl (C=O) groups excluding carboxylic acids is 1. The maximum absolute atomic E-state index is 11.5. The second-order valence-corrected chi connectivity index (χ2v) is 3.68. The first-order valence-electron chi connectivity index (χ1n) is 5.33. The number of hydrogen-bond acceptors (Lipinski definition) is 4. The molecule has 7 heteroatoms. The van der Waals surface area contributed by atoms with E-state index in [4.69, 9.17) is 0 Å². The molecular formula is C10H15N3O4. The number of aromatic amines is 1. The molecule has 1 heterocycles. The quantitative estimate of drug-likeness (QED) is 0.506. The van der Waals surface area contributed by atoms with Gasteiger partial charge in [-0.1, -0.05) is 13.3 Å². The van der Waals surface area contributed by atoms with Crippen molar-refractivity contribution in [1.82, 2.24) is 10.3 Å². The molecule has 0 aliphatic carbocycles. The number of hydrogen-bond donors (Lipinski definition) is 3. The molecule has 0 fully saturated rings. The van der Waals surface area contributed by atoms with Gasteiger partial charge in [-0.2, -0.15) is 0 Å². The van der Waals surface area contributed by atoms with Gasteiger partial charge in [-0.25, -0.2) is 0 Å². The van der Waals surface area contributed by atoms with Gasteiger partial charge in [-0.05, 0) is 6.42 Å². The Bertz CT molecular complexity index is 402. The Balaban J connectivity index is 2.49. The van der Waals surface area contributed by atoms with Gasteiger partial charge < -0.3 is 15.4 Å². The van der Waals surface area contributed by atoms with Crippen LogP contribution in [0, 0.1) is 10.1 Å². The van der Waals surface area contributed by atoms with Crippen molar-refractivity contribution >= 4 is 11.6 Å². The first-order chi connectivity index (χ1) is 8.04. The van der Waals surface area contributed by atoms with Gasteiger partial charge in [-0.3, -0.25) is 14.9 Å². The first-order valence-corrected chi connectivity index (χ1v) is 5.33. The van der Waals surface area contributed by atoms with Crippen LogP contribution in [0.25, 0.3) is 0 Å². The molecule has 1 aromatic heterocycles. The van der Waals surface area contributed by atoms with Crippen molar-refractivity contribution in [1.29, 1.82) is 0 Å². The van der Waals surface area contributed by atoms with Crippen LogP contribution in [0.4, 0.5) is 5.69 Å². The van der Waals surface area contributed by atoms with Gasteiger partial charge in [-0.15, -0.1) is 0 Å². The van der Waals surface area contributed by atoms with Crippen molar-refractivity contribution in [3.8, 4) is 0 Å². The highest BCUT2D eigenvalue weighted by Gasteiger charge is 2.14. The van der Waals surface area contributed by atoms with E-state index >= 15 is 0 Å². The minimum absolute atomic E-state index is 0.111. The predicted octanol–water partition coefficient (Wildman–Crippen LogP) is 0.814. The number of nitrogens with zero attached hydrogens (tertiary/aromatic N) is 1. The predicted molar refractivity (Wildman–Crippen MR) is 60.7 cm³/mol. The smallest absolute Gasteiger partial charge is 0.287 e. The number of H-pyrrole nitrogens is 1. The van der Waals surface area contributed by atoms with E-state index in [2.05, 4.69) is 10.3 Å². The molecule has 0 radical (unpaired) electrons. The minimum Gasteiger partial charge on any atom is -0.391 e. The summed E-state index contributed by atoms with van der Waals surface area (Å²) in [7, 11) is 0. The molecule has 1 rings (SSSR count). The molecule has 0 spiro atoms. The van der Waals surface area contributed by atoms with E-state index in [9.17, 15) is 20.0 Å². The second kappa shape index (κ2) is 6.00. The lowest BCUT2D eigenvalue weighted by Gasteiger charge is -2.09. The fraction of sp³-hybridized carbons (Fsp3) is 0.500. The zero-order chi connectivity index (χ0) is 12.8. The van der Waals surface area contributed by atoms with Gasteiger partial charge in [0.05, 0.1) is 17.2 Å². The molecule has 1 atom stereocenters. The van der Waals surface area contributed by atoms with Crippen LogP contribution >= 0.6 is 0 Å². The lowest BCUT2D eigenvalue weighted by molar-refractivity contribution is -0.384. The van der Waals surface area contributed by atoms with Crippen molar-refractivity contribution in [2.24, 2.45) is 0 Å². The van der Waals surface area contributed by atoms with Crippen LogP contribution in [0.2, 0.25) is 0 Å². The Kier molecular flexibility index (Phi) is 4.65. The molecule has 0 aliphatic rings. The highest BCUT2D eigenvalue weighted by Crippen LogP contribution is 2.11. The largest absolute Gasteiger partial charge is 0.391 e. The molecule has 0 aliphatic heterocycles. The number of nitrogens with one attached hydrogen (secondary N) is 2. The summed E-state index contributed by atoms with van der Waals surface area (Å²) >= 11 is 0. The summed E-state index contributed by atoms with van der Waals surface area (Å²) in [4.78, 5) is 23.8. The number of aliphatic hydroxyl groups is 1. The number of amides is 1. The molecular weight excluding hydrogens is 226 g/mol. The molecule has 1 aromatic rings. The maximum Gasteiger partial charge on any atom is 0.287 e. The highest BCUT2D eigenvalue weighted by molar-refractivity contribution is 5.93. The van der Waals surface area contributed by atoms with Crippen molar-refractivity contribution < 1.29 is 14.8 Å². The van der Waals surface area contributed by atoms with Gasteiger partial charge >= 0.3 is 0 Å². The van der Waals surface area contributed by atoms with E-state index in [-0.39, 0.29) is 17.9 Å². The van der Waals surface area contributed by atoms with Crippen molar-refractivity contribution in [3.63, 3.8) is 0 Å². The summed E-state index contributed by atoms with van der Waals surface area (Å²) < 4.78 is 0. The highest BCUT2D eigenvalue weighted by atomic mass is 16.6. The normalized spacial score (nSPS) is 12.1. The molecule has 17 heavy (non-hydrogen) atoms. The molecule has 94 valence electrons. The summed E-state index contributed by atoms with van der Waals surface area (Å²) in [6.45, 7) is 2.07. The fourth-order valence-corrected chi connectivity index (χ4v) is 1.36. The third kappa shape index (κ3) is 3.87. The topological polar surface area (TPSA) is 108 Å². The summed E-state index contributed by atoms with van der Waals surface area (Å²) in [5.74, 6) is -0.465. The fourth-order valence-electron chi connectivity index (χ4n) is 1.36. The standard InChI is InChI=1S/C10H15N3O4/c1-2-3-8(14)6-12-10(15)9-4-7(5-11-9)13(16)17/h4-5,8,11,14H,2-3,6H2,1H3,(H,12,15). The average Bonchev–Trinajstić information content (AvgIpc) is 2.75. The maximum atomic E-state index is 11.5. The van der Waals surface area contributed by atoms with Crippen LogP contribution in [0.15, 0.2) is 12.3 Å². The Morgan fingerprint density at radius 3 is 2.94 bits per heavy atom. The number of carbonyl (C=O) groups is 1. The van der Waals surface area contributed by atoms with Gasteiger partial charge in [0.1, 0.15) is 5.69 Å². The molecule has 1 unspecified atom stereocenters. The molecule has 0 bridgehead atoms. The van der Waals surface area contributed by atoms with Crippen LogP contribution in [0.3, 0.4) is 0 Å².